The summed E-state index contributed by atoms with van der Waals surface area (Å²) >= 11 is 17.8. The molecule has 6 heteroatoms. The molecule has 0 radical (unpaired) electrons. The van der Waals surface area contributed by atoms with Gasteiger partial charge in [-0.05, 0) is 37.3 Å². The Morgan fingerprint density at radius 3 is 2.48 bits per heavy atom. The lowest BCUT2D eigenvalue weighted by molar-refractivity contribution is -0.122. The van der Waals surface area contributed by atoms with Crippen molar-refractivity contribution < 1.29 is 9.53 Å². The number of nitrogens with one attached hydrogen (secondary N) is 1. The molecule has 0 fully saturated rings. The zero-order chi connectivity index (χ0) is 15.4. The Labute approximate surface area is 137 Å². The predicted molar refractivity (Wildman–Crippen MR) is 86.6 cm³/mol. The summed E-state index contributed by atoms with van der Waals surface area (Å²) in [7, 11) is 0. The van der Waals surface area contributed by atoms with Gasteiger partial charge < -0.3 is 10.1 Å². The fourth-order valence-corrected chi connectivity index (χ4v) is 2.25. The zero-order valence-electron chi connectivity index (χ0n) is 11.1. The molecule has 0 aliphatic rings. The van der Waals surface area contributed by atoms with Crippen molar-refractivity contribution in [1.29, 1.82) is 0 Å². The number of hydrogen-bond acceptors (Lipinski definition) is 2. The number of amides is 1. The van der Waals surface area contributed by atoms with Crippen LogP contribution in [0.1, 0.15) is 6.92 Å². The lowest BCUT2D eigenvalue weighted by Gasteiger charge is -2.16. The number of rotatable bonds is 4. The SMILES string of the molecule is C[C@H](Oc1ccccc1Cl)C(=O)Nc1ccc(Cl)cc1Cl. The van der Waals surface area contributed by atoms with E-state index in [2.05, 4.69) is 5.32 Å². The first-order valence-electron chi connectivity index (χ1n) is 6.14. The summed E-state index contributed by atoms with van der Waals surface area (Å²) in [6.45, 7) is 1.63. The van der Waals surface area contributed by atoms with Gasteiger partial charge in [0.25, 0.3) is 5.91 Å². The molecule has 2 aromatic carbocycles. The molecular formula is C15H12Cl3NO2. The molecule has 1 atom stereocenters. The summed E-state index contributed by atoms with van der Waals surface area (Å²) in [4.78, 5) is 12.1. The van der Waals surface area contributed by atoms with Crippen LogP contribution in [0.2, 0.25) is 15.1 Å². The Hall–Kier alpha value is -1.42. The summed E-state index contributed by atoms with van der Waals surface area (Å²) in [6.07, 6.45) is -0.725. The van der Waals surface area contributed by atoms with E-state index >= 15 is 0 Å². The molecular weight excluding hydrogens is 333 g/mol. The summed E-state index contributed by atoms with van der Waals surface area (Å²) in [5.41, 5.74) is 0.473. The highest BCUT2D eigenvalue weighted by atomic mass is 35.5. The molecule has 0 unspecified atom stereocenters. The molecule has 1 amide bonds. The van der Waals surface area contributed by atoms with E-state index < -0.39 is 6.10 Å². The Bertz CT molecular complexity index is 661. The molecule has 2 aromatic rings. The second-order valence-electron chi connectivity index (χ2n) is 4.30. The minimum atomic E-state index is -0.725. The second-order valence-corrected chi connectivity index (χ2v) is 5.55. The van der Waals surface area contributed by atoms with Gasteiger partial charge in [-0.2, -0.15) is 0 Å². The van der Waals surface area contributed by atoms with Crippen molar-refractivity contribution in [3.05, 3.63) is 57.5 Å². The second kappa shape index (κ2) is 7.03. The van der Waals surface area contributed by atoms with Crippen LogP contribution in [-0.4, -0.2) is 12.0 Å². The molecule has 0 saturated carbocycles. The molecule has 3 nitrogen and oxygen atoms in total. The fraction of sp³-hybridized carbons (Fsp3) is 0.133. The molecule has 0 aliphatic heterocycles. The number of carbonyl (C=O) groups excluding carboxylic acids is 1. The van der Waals surface area contributed by atoms with Gasteiger partial charge in [0.15, 0.2) is 6.10 Å². The molecule has 1 N–H and O–H groups in total. The Morgan fingerprint density at radius 1 is 1.10 bits per heavy atom. The lowest BCUT2D eigenvalue weighted by atomic mass is 10.3. The van der Waals surface area contributed by atoms with Gasteiger partial charge in [-0.25, -0.2) is 0 Å². The zero-order valence-corrected chi connectivity index (χ0v) is 13.3. The van der Waals surface area contributed by atoms with Crippen LogP contribution < -0.4 is 10.1 Å². The molecule has 2 rings (SSSR count). The maximum absolute atomic E-state index is 12.1. The monoisotopic (exact) mass is 343 g/mol. The highest BCUT2D eigenvalue weighted by molar-refractivity contribution is 6.36. The summed E-state index contributed by atoms with van der Waals surface area (Å²) < 4.78 is 5.53. The first-order valence-corrected chi connectivity index (χ1v) is 7.28. The van der Waals surface area contributed by atoms with E-state index in [1.165, 1.54) is 0 Å². The van der Waals surface area contributed by atoms with Crippen LogP contribution in [0.25, 0.3) is 0 Å². The van der Waals surface area contributed by atoms with Crippen molar-refractivity contribution >= 4 is 46.4 Å². The average Bonchev–Trinajstić information content (AvgIpc) is 2.44. The molecule has 0 aliphatic carbocycles. The number of carbonyl (C=O) groups is 1. The molecule has 0 bridgehead atoms. The Kier molecular flexibility index (Phi) is 5.34. The van der Waals surface area contributed by atoms with Gasteiger partial charge >= 0.3 is 0 Å². The first-order chi connectivity index (χ1) is 9.97. The summed E-state index contributed by atoms with van der Waals surface area (Å²) in [6, 6.07) is 11.8. The maximum atomic E-state index is 12.1. The van der Waals surface area contributed by atoms with Gasteiger partial charge in [0.1, 0.15) is 5.75 Å². The van der Waals surface area contributed by atoms with E-state index in [1.807, 2.05) is 0 Å². The van der Waals surface area contributed by atoms with Crippen molar-refractivity contribution in [2.45, 2.75) is 13.0 Å². The van der Waals surface area contributed by atoms with Crippen molar-refractivity contribution in [2.75, 3.05) is 5.32 Å². The van der Waals surface area contributed by atoms with Crippen LogP contribution in [0.15, 0.2) is 42.5 Å². The molecule has 0 aromatic heterocycles. The molecule has 0 spiro atoms. The van der Waals surface area contributed by atoms with E-state index in [1.54, 1.807) is 49.4 Å². The molecule has 0 heterocycles. The number of ether oxygens (including phenoxy) is 1. The quantitative estimate of drug-likeness (QED) is 0.842. The third kappa shape index (κ3) is 4.27. The van der Waals surface area contributed by atoms with E-state index in [0.717, 1.165) is 0 Å². The van der Waals surface area contributed by atoms with Crippen molar-refractivity contribution in [3.8, 4) is 5.75 Å². The van der Waals surface area contributed by atoms with Crippen molar-refractivity contribution in [3.63, 3.8) is 0 Å². The van der Waals surface area contributed by atoms with Crippen molar-refractivity contribution in [1.82, 2.24) is 0 Å². The molecule has 0 saturated heterocycles. The lowest BCUT2D eigenvalue weighted by Crippen LogP contribution is -2.30. The standard InChI is InChI=1S/C15H12Cl3NO2/c1-9(21-14-5-3-2-4-11(14)17)15(20)19-13-7-6-10(16)8-12(13)18/h2-9H,1H3,(H,19,20)/t9-/m0/s1. The first kappa shape index (κ1) is 16.0. The molecule has 21 heavy (non-hydrogen) atoms. The number of benzene rings is 2. The van der Waals surface area contributed by atoms with E-state index in [0.29, 0.717) is 26.5 Å². The van der Waals surface area contributed by atoms with E-state index in [9.17, 15) is 4.79 Å². The normalized spacial score (nSPS) is 11.8. The third-order valence-electron chi connectivity index (χ3n) is 2.70. The smallest absolute Gasteiger partial charge is 0.265 e. The average molecular weight is 345 g/mol. The van der Waals surface area contributed by atoms with Crippen molar-refractivity contribution in [2.24, 2.45) is 0 Å². The number of halogens is 3. The Balaban J connectivity index is 2.04. The largest absolute Gasteiger partial charge is 0.479 e. The van der Waals surface area contributed by atoms with Gasteiger partial charge in [0, 0.05) is 5.02 Å². The number of anilines is 1. The topological polar surface area (TPSA) is 38.3 Å². The fourth-order valence-electron chi connectivity index (χ4n) is 1.61. The van der Waals surface area contributed by atoms with Crippen LogP contribution in [0.3, 0.4) is 0 Å². The van der Waals surface area contributed by atoms with Crippen LogP contribution in [-0.2, 0) is 4.79 Å². The Morgan fingerprint density at radius 2 is 1.81 bits per heavy atom. The third-order valence-corrected chi connectivity index (χ3v) is 3.56. The van der Waals surface area contributed by atoms with Gasteiger partial charge in [-0.1, -0.05) is 46.9 Å². The van der Waals surface area contributed by atoms with E-state index in [4.69, 9.17) is 39.5 Å². The van der Waals surface area contributed by atoms with Crippen LogP contribution in [0.5, 0.6) is 5.75 Å². The number of hydrogen-bond donors (Lipinski definition) is 1. The molecule has 110 valence electrons. The highest BCUT2D eigenvalue weighted by Crippen LogP contribution is 2.27. The highest BCUT2D eigenvalue weighted by Gasteiger charge is 2.17. The van der Waals surface area contributed by atoms with Crippen LogP contribution in [0, 0.1) is 0 Å². The predicted octanol–water partition coefficient (Wildman–Crippen LogP) is 5.05. The van der Waals surface area contributed by atoms with Gasteiger partial charge in [-0.15, -0.1) is 0 Å². The summed E-state index contributed by atoms with van der Waals surface area (Å²) in [5.74, 6) is 0.114. The van der Waals surface area contributed by atoms with Gasteiger partial charge in [0.05, 0.1) is 15.7 Å². The van der Waals surface area contributed by atoms with Gasteiger partial charge in [-0.3, -0.25) is 4.79 Å². The van der Waals surface area contributed by atoms with Crippen LogP contribution in [0.4, 0.5) is 5.69 Å². The minimum Gasteiger partial charge on any atom is -0.479 e. The van der Waals surface area contributed by atoms with E-state index in [-0.39, 0.29) is 5.91 Å². The maximum Gasteiger partial charge on any atom is 0.265 e. The minimum absolute atomic E-state index is 0.334. The van der Waals surface area contributed by atoms with Gasteiger partial charge in [0.2, 0.25) is 0 Å². The summed E-state index contributed by atoms with van der Waals surface area (Å²) in [5, 5.41) is 3.99. The van der Waals surface area contributed by atoms with Crippen LogP contribution >= 0.6 is 34.8 Å². The number of para-hydroxylation sites is 1.